The van der Waals surface area contributed by atoms with E-state index < -0.39 is 41.1 Å². The maximum atomic E-state index is 14.5. The number of likely N-dealkylation sites (N-methyl/N-ethyl adjacent to an activating group) is 1. The van der Waals surface area contributed by atoms with Crippen molar-refractivity contribution in [2.24, 2.45) is 5.41 Å². The number of nitrogen functional groups attached to an aromatic ring is 1. The first kappa shape index (κ1) is 33.8. The molecular formula is C35H49N5O5. The van der Waals surface area contributed by atoms with E-state index in [1.165, 1.54) is 17.5 Å². The number of fused-ring (bicyclic) bond motifs is 2. The van der Waals surface area contributed by atoms with E-state index in [0.717, 1.165) is 36.0 Å². The molecule has 2 aliphatic rings. The molecule has 1 heterocycles. The largest absolute Gasteiger partial charge is 0.444 e. The first-order valence-corrected chi connectivity index (χ1v) is 15.8. The van der Waals surface area contributed by atoms with Gasteiger partial charge < -0.3 is 26.0 Å². The summed E-state index contributed by atoms with van der Waals surface area (Å²) in [5.41, 5.74) is 9.43. The van der Waals surface area contributed by atoms with Crippen LogP contribution in [0.5, 0.6) is 0 Å². The molecule has 45 heavy (non-hydrogen) atoms. The molecule has 0 bridgehead atoms. The van der Waals surface area contributed by atoms with Gasteiger partial charge in [-0.05, 0) is 86.8 Å². The van der Waals surface area contributed by atoms with Gasteiger partial charge in [-0.25, -0.2) is 4.79 Å². The van der Waals surface area contributed by atoms with Gasteiger partial charge in [0.15, 0.2) is 0 Å². The standard InChI is InChI=1S/C35H49N5O5/c1-21(39(8)33(44)45-35(5,6)7)30(41)38-29(34(2,3)4)32(43)40-20-23-16-17-25(36)18-24(23)19-28(40)31(42)37-27-15-11-13-22-12-9-10-14-26(22)27/h9-10,12,14,16-18,21,27-29H,11,13,15,19-20,36H2,1-8H3,(H,37,42)(H,38,41)/t21-,27+,28-,29+/m0/s1. The van der Waals surface area contributed by atoms with Gasteiger partial charge in [0.25, 0.3) is 0 Å². The van der Waals surface area contributed by atoms with E-state index in [9.17, 15) is 19.2 Å². The van der Waals surface area contributed by atoms with E-state index in [0.29, 0.717) is 12.1 Å². The zero-order valence-corrected chi connectivity index (χ0v) is 27.9. The lowest BCUT2D eigenvalue weighted by molar-refractivity contribution is -0.147. The second kappa shape index (κ2) is 13.1. The van der Waals surface area contributed by atoms with E-state index in [-0.39, 0.29) is 24.4 Å². The lowest BCUT2D eigenvalue weighted by Crippen LogP contribution is -2.62. The monoisotopic (exact) mass is 619 g/mol. The third kappa shape index (κ3) is 7.96. The Morgan fingerprint density at radius 3 is 2.36 bits per heavy atom. The molecule has 1 aliphatic carbocycles. The fraction of sp³-hybridized carbons (Fsp3) is 0.543. The number of amides is 4. The van der Waals surface area contributed by atoms with Crippen molar-refractivity contribution in [3.8, 4) is 0 Å². The zero-order chi connectivity index (χ0) is 33.3. The molecule has 0 aromatic heterocycles. The highest BCUT2D eigenvalue weighted by Crippen LogP contribution is 2.32. The van der Waals surface area contributed by atoms with Crippen molar-refractivity contribution < 1.29 is 23.9 Å². The molecule has 0 saturated heterocycles. The van der Waals surface area contributed by atoms with Crippen molar-refractivity contribution in [1.29, 1.82) is 0 Å². The molecule has 0 spiro atoms. The highest BCUT2D eigenvalue weighted by Gasteiger charge is 2.43. The van der Waals surface area contributed by atoms with Crippen LogP contribution in [0.4, 0.5) is 10.5 Å². The van der Waals surface area contributed by atoms with Gasteiger partial charge in [0.2, 0.25) is 17.7 Å². The van der Waals surface area contributed by atoms with E-state index in [1.54, 1.807) is 38.7 Å². The van der Waals surface area contributed by atoms with Crippen molar-refractivity contribution in [3.05, 3.63) is 64.7 Å². The number of anilines is 1. The number of nitrogens with zero attached hydrogens (tertiary/aromatic N) is 2. The van der Waals surface area contributed by atoms with E-state index in [4.69, 9.17) is 10.5 Å². The molecule has 2 aromatic rings. The maximum Gasteiger partial charge on any atom is 0.410 e. The Bertz CT molecular complexity index is 1440. The third-order valence-electron chi connectivity index (χ3n) is 8.67. The Morgan fingerprint density at radius 1 is 1.00 bits per heavy atom. The summed E-state index contributed by atoms with van der Waals surface area (Å²) < 4.78 is 5.43. The molecule has 4 atom stereocenters. The fourth-order valence-electron chi connectivity index (χ4n) is 5.99. The molecule has 0 fully saturated rings. The predicted molar refractivity (Wildman–Crippen MR) is 174 cm³/mol. The Hall–Kier alpha value is -4.08. The van der Waals surface area contributed by atoms with Gasteiger partial charge in [0.1, 0.15) is 23.7 Å². The summed E-state index contributed by atoms with van der Waals surface area (Å²) in [5, 5.41) is 6.16. The minimum atomic E-state index is -0.972. The van der Waals surface area contributed by atoms with Gasteiger partial charge in [-0.15, -0.1) is 0 Å². The second-order valence-corrected chi connectivity index (χ2v) is 14.4. The zero-order valence-electron chi connectivity index (χ0n) is 27.9. The Kier molecular flexibility index (Phi) is 9.85. The van der Waals surface area contributed by atoms with Gasteiger partial charge in [-0.1, -0.05) is 51.1 Å². The van der Waals surface area contributed by atoms with Crippen molar-refractivity contribution in [2.75, 3.05) is 12.8 Å². The van der Waals surface area contributed by atoms with E-state index in [2.05, 4.69) is 22.8 Å². The Balaban J connectivity index is 1.61. The number of hydrogen-bond donors (Lipinski definition) is 3. The van der Waals surface area contributed by atoms with E-state index in [1.807, 2.05) is 45.0 Å². The highest BCUT2D eigenvalue weighted by atomic mass is 16.6. The minimum absolute atomic E-state index is 0.149. The average Bonchev–Trinajstić information content (AvgIpc) is 2.96. The first-order chi connectivity index (χ1) is 21.0. The van der Waals surface area contributed by atoms with Gasteiger partial charge in [0.05, 0.1) is 6.04 Å². The second-order valence-electron chi connectivity index (χ2n) is 14.4. The molecule has 4 amide bonds. The molecule has 1 aliphatic heterocycles. The number of nitrogens with one attached hydrogen (secondary N) is 2. The normalized spacial score (nSPS) is 19.3. The van der Waals surface area contributed by atoms with Crippen LogP contribution in [0.25, 0.3) is 0 Å². The van der Waals surface area contributed by atoms with Crippen LogP contribution in [0.3, 0.4) is 0 Å². The number of benzene rings is 2. The fourth-order valence-corrected chi connectivity index (χ4v) is 5.99. The highest BCUT2D eigenvalue weighted by molar-refractivity contribution is 5.94. The van der Waals surface area contributed by atoms with Crippen LogP contribution >= 0.6 is 0 Å². The van der Waals surface area contributed by atoms with Crippen molar-refractivity contribution in [2.45, 2.75) is 110 Å². The average molecular weight is 620 g/mol. The van der Waals surface area contributed by atoms with Gasteiger partial charge in [-0.3, -0.25) is 19.3 Å². The summed E-state index contributed by atoms with van der Waals surface area (Å²) in [6, 6.07) is 10.9. The molecule has 0 unspecified atom stereocenters. The van der Waals surface area contributed by atoms with Crippen LogP contribution < -0.4 is 16.4 Å². The third-order valence-corrected chi connectivity index (χ3v) is 8.67. The van der Waals surface area contributed by atoms with Gasteiger partial charge >= 0.3 is 6.09 Å². The van der Waals surface area contributed by atoms with Crippen LogP contribution in [0, 0.1) is 5.41 Å². The quantitative estimate of drug-likeness (QED) is 0.408. The lowest BCUT2D eigenvalue weighted by atomic mass is 9.83. The smallest absolute Gasteiger partial charge is 0.410 e. The van der Waals surface area contributed by atoms with Gasteiger partial charge in [-0.2, -0.15) is 0 Å². The van der Waals surface area contributed by atoms with E-state index >= 15 is 0 Å². The number of carbonyl (C=O) groups excluding carboxylic acids is 4. The molecule has 2 aromatic carbocycles. The Labute approximate surface area is 267 Å². The molecule has 0 radical (unpaired) electrons. The minimum Gasteiger partial charge on any atom is -0.444 e. The maximum absolute atomic E-state index is 14.5. The van der Waals surface area contributed by atoms with Crippen molar-refractivity contribution in [3.63, 3.8) is 0 Å². The van der Waals surface area contributed by atoms with Crippen LogP contribution in [0.2, 0.25) is 0 Å². The Morgan fingerprint density at radius 2 is 1.69 bits per heavy atom. The number of rotatable bonds is 6. The summed E-state index contributed by atoms with van der Waals surface area (Å²) in [6.07, 6.45) is 2.41. The number of ether oxygens (including phenoxy) is 1. The molecule has 10 heteroatoms. The van der Waals surface area contributed by atoms with Crippen LogP contribution in [-0.2, 0) is 38.5 Å². The molecule has 4 N–H and O–H groups in total. The van der Waals surface area contributed by atoms with Crippen LogP contribution in [0.1, 0.15) is 89.6 Å². The summed E-state index contributed by atoms with van der Waals surface area (Å²) >= 11 is 0. The lowest BCUT2D eigenvalue weighted by Gasteiger charge is -2.42. The number of aryl methyl sites for hydroxylation is 1. The molecule has 4 rings (SSSR count). The summed E-state index contributed by atoms with van der Waals surface area (Å²) in [6.45, 7) is 12.6. The summed E-state index contributed by atoms with van der Waals surface area (Å²) in [7, 11) is 1.49. The number of nitrogens with two attached hydrogens (primary N) is 1. The van der Waals surface area contributed by atoms with Crippen molar-refractivity contribution in [1.82, 2.24) is 20.4 Å². The molecule has 244 valence electrons. The molecule has 10 nitrogen and oxygen atoms in total. The molecular weight excluding hydrogens is 570 g/mol. The number of hydrogen-bond acceptors (Lipinski definition) is 6. The number of carbonyl (C=O) groups is 4. The SMILES string of the molecule is C[C@@H](C(=O)N[C@H](C(=O)N1Cc2ccc(N)cc2C[C@H]1C(=O)N[C@@H]1CCCc2ccccc21)C(C)(C)C)N(C)C(=O)OC(C)(C)C. The van der Waals surface area contributed by atoms with Crippen LogP contribution in [-0.4, -0.2) is 64.4 Å². The summed E-state index contributed by atoms with van der Waals surface area (Å²) in [4.78, 5) is 57.5. The van der Waals surface area contributed by atoms with Gasteiger partial charge in [0, 0.05) is 25.7 Å². The van der Waals surface area contributed by atoms with Crippen LogP contribution in [0.15, 0.2) is 42.5 Å². The first-order valence-electron chi connectivity index (χ1n) is 15.8. The summed E-state index contributed by atoms with van der Waals surface area (Å²) in [5.74, 6) is -1.11. The molecule has 0 saturated carbocycles. The predicted octanol–water partition coefficient (Wildman–Crippen LogP) is 4.50. The topological polar surface area (TPSA) is 134 Å². The van der Waals surface area contributed by atoms with Crippen molar-refractivity contribution >= 4 is 29.5 Å².